The molecule has 33 heavy (non-hydrogen) atoms. The van der Waals surface area contributed by atoms with Gasteiger partial charge in [0.1, 0.15) is 11.3 Å². The Morgan fingerprint density at radius 1 is 1.12 bits per heavy atom. The summed E-state index contributed by atoms with van der Waals surface area (Å²) in [5.41, 5.74) is 2.63. The number of aromatic nitrogens is 5. The highest BCUT2D eigenvalue weighted by molar-refractivity contribution is 7.13. The van der Waals surface area contributed by atoms with Gasteiger partial charge >= 0.3 is 5.97 Å². The Morgan fingerprint density at radius 2 is 2.00 bits per heavy atom. The van der Waals surface area contributed by atoms with Gasteiger partial charge < -0.3 is 9.15 Å². The van der Waals surface area contributed by atoms with Crippen LogP contribution in [0.25, 0.3) is 22.0 Å². The van der Waals surface area contributed by atoms with Crippen molar-refractivity contribution in [3.05, 3.63) is 95.6 Å². The van der Waals surface area contributed by atoms with E-state index in [-0.39, 0.29) is 5.89 Å². The number of carbonyl (C=O) groups excluding carboxylic acids is 1. The van der Waals surface area contributed by atoms with Crippen molar-refractivity contribution in [1.29, 1.82) is 0 Å². The molecule has 0 aliphatic rings. The average Bonchev–Trinajstić information content (AvgIpc) is 3.60. The highest BCUT2D eigenvalue weighted by Crippen LogP contribution is 2.28. The number of hydrogen-bond donors (Lipinski definition) is 0. The number of thiophene rings is 1. The van der Waals surface area contributed by atoms with E-state index >= 15 is 0 Å². The second kappa shape index (κ2) is 9.17. The zero-order chi connectivity index (χ0) is 22.6. The third-order valence-electron chi connectivity index (χ3n) is 4.91. The van der Waals surface area contributed by atoms with Crippen LogP contribution in [0.15, 0.2) is 83.0 Å². The van der Waals surface area contributed by atoms with Crippen LogP contribution >= 0.6 is 11.3 Å². The molecule has 0 radical (unpaired) electrons. The average molecular weight is 458 g/mol. The van der Waals surface area contributed by atoms with Crippen molar-refractivity contribution in [3.63, 3.8) is 0 Å². The van der Waals surface area contributed by atoms with Crippen molar-refractivity contribution in [1.82, 2.24) is 25.0 Å². The minimum absolute atomic E-state index is 0.228. The van der Waals surface area contributed by atoms with E-state index in [1.165, 1.54) is 11.3 Å². The van der Waals surface area contributed by atoms with Crippen LogP contribution in [-0.4, -0.2) is 30.9 Å². The number of ether oxygens (including phenoxy) is 1. The molecule has 0 unspecified atom stereocenters. The predicted molar refractivity (Wildman–Crippen MR) is 122 cm³/mol. The van der Waals surface area contributed by atoms with Gasteiger partial charge in [0.15, 0.2) is 6.10 Å². The molecular weight excluding hydrogens is 438 g/mol. The Hall–Kier alpha value is -4.11. The third kappa shape index (κ3) is 4.58. The fourth-order valence-electron chi connectivity index (χ4n) is 3.31. The van der Waals surface area contributed by atoms with E-state index in [0.29, 0.717) is 23.7 Å². The van der Waals surface area contributed by atoms with Gasteiger partial charge in [-0.05, 0) is 36.1 Å². The molecule has 0 saturated heterocycles. The zero-order valence-electron chi connectivity index (χ0n) is 17.7. The van der Waals surface area contributed by atoms with Crippen LogP contribution in [0, 0.1) is 0 Å². The van der Waals surface area contributed by atoms with Crippen LogP contribution in [-0.2, 0) is 11.3 Å². The van der Waals surface area contributed by atoms with Crippen LogP contribution in [0.3, 0.4) is 0 Å². The first kappa shape index (κ1) is 20.8. The number of nitrogens with zero attached hydrogens (tertiary/aromatic N) is 5. The van der Waals surface area contributed by atoms with E-state index in [0.717, 1.165) is 16.0 Å². The smallest absolute Gasteiger partial charge is 0.342 e. The monoisotopic (exact) mass is 457 g/mol. The summed E-state index contributed by atoms with van der Waals surface area (Å²) in [5, 5.41) is 14.7. The van der Waals surface area contributed by atoms with E-state index in [9.17, 15) is 4.79 Å². The van der Waals surface area contributed by atoms with Crippen LogP contribution < -0.4 is 0 Å². The first-order valence-corrected chi connectivity index (χ1v) is 11.2. The van der Waals surface area contributed by atoms with Crippen LogP contribution in [0.1, 0.15) is 34.8 Å². The van der Waals surface area contributed by atoms with E-state index < -0.39 is 12.1 Å². The molecule has 0 aliphatic carbocycles. The fourth-order valence-corrected chi connectivity index (χ4v) is 3.96. The first-order chi connectivity index (χ1) is 16.2. The number of esters is 1. The molecular formula is C24H19N5O3S. The lowest BCUT2D eigenvalue weighted by molar-refractivity contribution is 0.0280. The van der Waals surface area contributed by atoms with Crippen molar-refractivity contribution in [2.45, 2.75) is 19.6 Å². The lowest BCUT2D eigenvalue weighted by Crippen LogP contribution is -2.10. The summed E-state index contributed by atoms with van der Waals surface area (Å²) in [4.78, 5) is 18.2. The normalized spacial score (nSPS) is 11.9. The highest BCUT2D eigenvalue weighted by atomic mass is 32.1. The molecule has 0 N–H and O–H groups in total. The minimum Gasteiger partial charge on any atom is -0.449 e. The summed E-state index contributed by atoms with van der Waals surface area (Å²) >= 11 is 1.49. The summed E-state index contributed by atoms with van der Waals surface area (Å²) in [6.45, 7) is 2.21. The Morgan fingerprint density at radius 3 is 2.76 bits per heavy atom. The van der Waals surface area contributed by atoms with E-state index in [2.05, 4.69) is 20.3 Å². The number of carbonyl (C=O) groups is 1. The molecule has 5 aromatic rings. The Kier molecular flexibility index (Phi) is 5.77. The van der Waals surface area contributed by atoms with Crippen LogP contribution in [0.4, 0.5) is 0 Å². The maximum absolute atomic E-state index is 13.1. The van der Waals surface area contributed by atoms with E-state index in [4.69, 9.17) is 9.15 Å². The Labute approximate surface area is 193 Å². The molecule has 0 aliphatic heterocycles. The van der Waals surface area contributed by atoms with E-state index in [1.807, 2.05) is 53.9 Å². The summed E-state index contributed by atoms with van der Waals surface area (Å²) in [6, 6.07) is 17.3. The maximum Gasteiger partial charge on any atom is 0.342 e. The molecule has 5 rings (SSSR count). The SMILES string of the molecule is C[C@H](OC(=O)c1cn(Cc2ccccc2)nc1-c1cccnc1)c1nnc(-c2cccs2)o1. The van der Waals surface area contributed by atoms with Gasteiger partial charge in [-0.15, -0.1) is 21.5 Å². The molecule has 0 bridgehead atoms. The second-order valence-corrected chi connectivity index (χ2v) is 8.23. The van der Waals surface area contributed by atoms with Crippen molar-refractivity contribution in [2.24, 2.45) is 0 Å². The molecule has 8 nitrogen and oxygen atoms in total. The topological polar surface area (TPSA) is 95.9 Å². The quantitative estimate of drug-likeness (QED) is 0.317. The molecule has 0 amide bonds. The molecule has 0 fully saturated rings. The fraction of sp³-hybridized carbons (Fsp3) is 0.125. The van der Waals surface area contributed by atoms with Gasteiger partial charge in [-0.25, -0.2) is 4.79 Å². The summed E-state index contributed by atoms with van der Waals surface area (Å²) in [6.07, 6.45) is 4.30. The van der Waals surface area contributed by atoms with Gasteiger partial charge in [-0.2, -0.15) is 5.10 Å². The summed E-state index contributed by atoms with van der Waals surface area (Å²) in [5.74, 6) is 0.0949. The van der Waals surface area contributed by atoms with Gasteiger partial charge in [-0.3, -0.25) is 9.67 Å². The molecule has 1 aromatic carbocycles. The molecule has 0 saturated carbocycles. The van der Waals surface area contributed by atoms with E-state index in [1.54, 1.807) is 36.3 Å². The zero-order valence-corrected chi connectivity index (χ0v) is 18.5. The molecule has 1 atom stereocenters. The third-order valence-corrected chi connectivity index (χ3v) is 5.77. The van der Waals surface area contributed by atoms with Crippen LogP contribution in [0.2, 0.25) is 0 Å². The van der Waals surface area contributed by atoms with Gasteiger partial charge in [0.25, 0.3) is 11.8 Å². The molecule has 9 heteroatoms. The van der Waals surface area contributed by atoms with Gasteiger partial charge in [0.2, 0.25) is 0 Å². The van der Waals surface area contributed by atoms with Crippen LogP contribution in [0.5, 0.6) is 0 Å². The maximum atomic E-state index is 13.1. The van der Waals surface area contributed by atoms with Gasteiger partial charge in [-0.1, -0.05) is 36.4 Å². The molecule has 4 heterocycles. The number of rotatable bonds is 7. The van der Waals surface area contributed by atoms with Crippen molar-refractivity contribution < 1.29 is 13.9 Å². The molecule has 164 valence electrons. The lowest BCUT2D eigenvalue weighted by Gasteiger charge is -2.09. The lowest BCUT2D eigenvalue weighted by atomic mass is 10.1. The number of benzene rings is 1. The van der Waals surface area contributed by atoms with Gasteiger partial charge in [0, 0.05) is 24.2 Å². The molecule has 4 aromatic heterocycles. The van der Waals surface area contributed by atoms with Crippen molar-refractivity contribution in [2.75, 3.05) is 0 Å². The summed E-state index contributed by atoms with van der Waals surface area (Å²) in [7, 11) is 0. The Bertz CT molecular complexity index is 1350. The largest absolute Gasteiger partial charge is 0.449 e. The summed E-state index contributed by atoms with van der Waals surface area (Å²) < 4.78 is 13.1. The van der Waals surface area contributed by atoms with Gasteiger partial charge in [0.05, 0.1) is 11.4 Å². The van der Waals surface area contributed by atoms with Crippen molar-refractivity contribution in [3.8, 4) is 22.0 Å². The minimum atomic E-state index is -0.724. The number of hydrogen-bond acceptors (Lipinski definition) is 8. The second-order valence-electron chi connectivity index (χ2n) is 7.29. The Balaban J connectivity index is 1.40. The standard InChI is InChI=1S/C24H19N5O3S/c1-16(22-26-27-23(32-22)20-10-6-12-33-20)31-24(30)19-15-29(14-17-7-3-2-4-8-17)28-21(19)18-9-5-11-25-13-18/h2-13,15-16H,14H2,1H3/t16-/m0/s1. The number of pyridine rings is 1. The predicted octanol–water partition coefficient (Wildman–Crippen LogP) is 5.02. The first-order valence-electron chi connectivity index (χ1n) is 10.3. The van der Waals surface area contributed by atoms with Crippen molar-refractivity contribution >= 4 is 17.3 Å². The highest BCUT2D eigenvalue weighted by Gasteiger charge is 2.24. The molecule has 0 spiro atoms.